The number of aromatic nitrogens is 3. The summed E-state index contributed by atoms with van der Waals surface area (Å²) in [4.78, 5) is 4.17. The first-order valence-corrected chi connectivity index (χ1v) is 5.49. The maximum Gasteiger partial charge on any atom is 0.141 e. The molecule has 0 bridgehead atoms. The fourth-order valence-corrected chi connectivity index (χ4v) is 1.75. The highest BCUT2D eigenvalue weighted by Crippen LogP contribution is 2.18. The molecule has 0 amide bonds. The predicted octanol–water partition coefficient (Wildman–Crippen LogP) is 1.32. The van der Waals surface area contributed by atoms with Gasteiger partial charge >= 0.3 is 0 Å². The van der Waals surface area contributed by atoms with E-state index in [0.717, 1.165) is 18.0 Å². The summed E-state index contributed by atoms with van der Waals surface area (Å²) < 4.78 is 5.20. The third kappa shape index (κ3) is 2.82. The van der Waals surface area contributed by atoms with Gasteiger partial charge in [0.2, 0.25) is 0 Å². The predicted molar refractivity (Wildman–Crippen MR) is 64.9 cm³/mol. The molecule has 0 aliphatic carbocycles. The highest BCUT2D eigenvalue weighted by molar-refractivity contribution is 5.29. The lowest BCUT2D eigenvalue weighted by atomic mass is 10.1. The third-order valence-electron chi connectivity index (χ3n) is 2.69. The summed E-state index contributed by atoms with van der Waals surface area (Å²) in [7, 11) is 3.58. The van der Waals surface area contributed by atoms with Crippen molar-refractivity contribution in [2.45, 2.75) is 12.5 Å². The van der Waals surface area contributed by atoms with Crippen molar-refractivity contribution in [2.24, 2.45) is 0 Å². The van der Waals surface area contributed by atoms with Crippen molar-refractivity contribution < 1.29 is 4.74 Å². The summed E-state index contributed by atoms with van der Waals surface area (Å²) in [5.41, 5.74) is 1.19. The van der Waals surface area contributed by atoms with Crippen LogP contribution >= 0.6 is 0 Å². The van der Waals surface area contributed by atoms with E-state index < -0.39 is 0 Å². The lowest BCUT2D eigenvalue weighted by Crippen LogP contribution is -2.20. The van der Waals surface area contributed by atoms with Crippen LogP contribution in [0.3, 0.4) is 0 Å². The van der Waals surface area contributed by atoms with Gasteiger partial charge in [0, 0.05) is 0 Å². The van der Waals surface area contributed by atoms with Gasteiger partial charge in [-0.2, -0.15) is 5.10 Å². The van der Waals surface area contributed by atoms with Crippen LogP contribution in [0.15, 0.2) is 30.6 Å². The second kappa shape index (κ2) is 5.45. The minimum absolute atomic E-state index is 0.129. The van der Waals surface area contributed by atoms with E-state index >= 15 is 0 Å². The summed E-state index contributed by atoms with van der Waals surface area (Å²) in [6.07, 6.45) is 2.36. The molecular formula is C12H16N4O. The van der Waals surface area contributed by atoms with Crippen molar-refractivity contribution in [1.82, 2.24) is 20.5 Å². The number of likely N-dealkylation sites (N-methyl/N-ethyl adjacent to an activating group) is 1. The maximum absolute atomic E-state index is 5.20. The van der Waals surface area contributed by atoms with Crippen LogP contribution < -0.4 is 10.1 Å². The lowest BCUT2D eigenvalue weighted by molar-refractivity contribution is 0.414. The number of ether oxygens (including phenoxy) is 1. The molecule has 0 aliphatic rings. The highest BCUT2D eigenvalue weighted by Gasteiger charge is 2.12. The van der Waals surface area contributed by atoms with Gasteiger partial charge in [-0.05, 0) is 31.2 Å². The fraction of sp³-hybridized carbons (Fsp3) is 0.333. The van der Waals surface area contributed by atoms with Crippen LogP contribution in [-0.4, -0.2) is 29.3 Å². The molecule has 1 aromatic heterocycles. The van der Waals surface area contributed by atoms with Crippen LogP contribution in [-0.2, 0) is 6.42 Å². The molecular weight excluding hydrogens is 216 g/mol. The summed E-state index contributed by atoms with van der Waals surface area (Å²) in [5.74, 6) is 1.71. The third-order valence-corrected chi connectivity index (χ3v) is 2.69. The second-order valence-electron chi connectivity index (χ2n) is 3.77. The number of hydrogen-bond donors (Lipinski definition) is 2. The van der Waals surface area contributed by atoms with Crippen LogP contribution in [0.5, 0.6) is 5.75 Å². The molecule has 0 saturated carbocycles. The van der Waals surface area contributed by atoms with Crippen LogP contribution in [0, 0.1) is 0 Å². The number of nitrogens with zero attached hydrogens (tertiary/aromatic N) is 2. The van der Waals surface area contributed by atoms with Crippen molar-refractivity contribution in [2.75, 3.05) is 14.2 Å². The van der Waals surface area contributed by atoms with Gasteiger partial charge in [-0.1, -0.05) is 12.1 Å². The number of rotatable bonds is 5. The van der Waals surface area contributed by atoms with E-state index in [1.54, 1.807) is 7.11 Å². The first-order valence-electron chi connectivity index (χ1n) is 5.49. The van der Waals surface area contributed by atoms with Crippen LogP contribution in [0.2, 0.25) is 0 Å². The topological polar surface area (TPSA) is 62.8 Å². The fourth-order valence-electron chi connectivity index (χ4n) is 1.75. The quantitative estimate of drug-likeness (QED) is 0.816. The van der Waals surface area contributed by atoms with E-state index in [1.165, 1.54) is 11.9 Å². The zero-order valence-corrected chi connectivity index (χ0v) is 9.97. The number of hydrogen-bond acceptors (Lipinski definition) is 4. The van der Waals surface area contributed by atoms with E-state index in [-0.39, 0.29) is 6.04 Å². The van der Waals surface area contributed by atoms with Gasteiger partial charge in [0.15, 0.2) is 0 Å². The molecule has 0 radical (unpaired) electrons. The maximum atomic E-state index is 5.20. The van der Waals surface area contributed by atoms with Gasteiger partial charge < -0.3 is 10.1 Å². The van der Waals surface area contributed by atoms with E-state index in [2.05, 4.69) is 26.6 Å². The molecule has 5 nitrogen and oxygen atoms in total. The molecule has 0 saturated heterocycles. The molecule has 1 heterocycles. The molecule has 0 fully saturated rings. The molecule has 2 N–H and O–H groups in total. The van der Waals surface area contributed by atoms with Crippen LogP contribution in [0.25, 0.3) is 0 Å². The Hall–Kier alpha value is -1.88. The summed E-state index contributed by atoms with van der Waals surface area (Å²) >= 11 is 0. The summed E-state index contributed by atoms with van der Waals surface area (Å²) in [5, 5.41) is 9.96. The Morgan fingerprint density at radius 2 is 2.35 bits per heavy atom. The standard InChI is InChI=1S/C12H16N4O/c1-13-11(12-14-8-15-16-12)7-9-4-3-5-10(6-9)17-2/h3-6,8,11,13H,7H2,1-2H3,(H,14,15,16). The van der Waals surface area contributed by atoms with E-state index in [0.29, 0.717) is 0 Å². The Kier molecular flexibility index (Phi) is 3.72. The minimum Gasteiger partial charge on any atom is -0.497 e. The number of methoxy groups -OCH3 is 1. The smallest absolute Gasteiger partial charge is 0.141 e. The van der Waals surface area contributed by atoms with Gasteiger partial charge in [0.1, 0.15) is 17.9 Å². The minimum atomic E-state index is 0.129. The van der Waals surface area contributed by atoms with Crippen molar-refractivity contribution in [3.05, 3.63) is 42.0 Å². The molecule has 5 heteroatoms. The molecule has 1 atom stereocenters. The number of benzene rings is 1. The van der Waals surface area contributed by atoms with Crippen LogP contribution in [0.4, 0.5) is 0 Å². The Morgan fingerprint density at radius 3 is 3.00 bits per heavy atom. The highest BCUT2D eigenvalue weighted by atomic mass is 16.5. The largest absolute Gasteiger partial charge is 0.497 e. The average Bonchev–Trinajstić information content (AvgIpc) is 2.90. The van der Waals surface area contributed by atoms with Crippen molar-refractivity contribution >= 4 is 0 Å². The number of H-pyrrole nitrogens is 1. The van der Waals surface area contributed by atoms with E-state index in [4.69, 9.17) is 4.74 Å². The number of aromatic amines is 1. The first-order chi connectivity index (χ1) is 8.33. The van der Waals surface area contributed by atoms with E-state index in [1.807, 2.05) is 25.2 Å². The van der Waals surface area contributed by atoms with Gasteiger partial charge in [0.05, 0.1) is 13.2 Å². The van der Waals surface area contributed by atoms with Crippen molar-refractivity contribution in [3.8, 4) is 5.75 Å². The molecule has 90 valence electrons. The van der Waals surface area contributed by atoms with Gasteiger partial charge in [-0.25, -0.2) is 4.98 Å². The first kappa shape index (κ1) is 11.6. The van der Waals surface area contributed by atoms with Crippen molar-refractivity contribution in [3.63, 3.8) is 0 Å². The van der Waals surface area contributed by atoms with E-state index in [9.17, 15) is 0 Å². The summed E-state index contributed by atoms with van der Waals surface area (Å²) in [6, 6.07) is 8.15. The Bertz CT molecular complexity index is 455. The molecule has 17 heavy (non-hydrogen) atoms. The Balaban J connectivity index is 2.13. The lowest BCUT2D eigenvalue weighted by Gasteiger charge is -2.13. The molecule has 2 rings (SSSR count). The molecule has 0 spiro atoms. The van der Waals surface area contributed by atoms with Gasteiger partial charge in [-0.3, -0.25) is 5.10 Å². The van der Waals surface area contributed by atoms with Gasteiger partial charge in [0.25, 0.3) is 0 Å². The normalized spacial score (nSPS) is 12.4. The zero-order valence-electron chi connectivity index (χ0n) is 9.97. The monoisotopic (exact) mass is 232 g/mol. The Labute approximate surface area is 100 Å². The molecule has 2 aromatic rings. The van der Waals surface area contributed by atoms with Gasteiger partial charge in [-0.15, -0.1) is 0 Å². The second-order valence-corrected chi connectivity index (χ2v) is 3.77. The molecule has 1 aromatic carbocycles. The molecule has 0 aliphatic heterocycles. The summed E-state index contributed by atoms with van der Waals surface area (Å²) in [6.45, 7) is 0. The Morgan fingerprint density at radius 1 is 1.47 bits per heavy atom. The average molecular weight is 232 g/mol. The van der Waals surface area contributed by atoms with Crippen LogP contribution in [0.1, 0.15) is 17.4 Å². The van der Waals surface area contributed by atoms with Crippen molar-refractivity contribution in [1.29, 1.82) is 0 Å². The number of nitrogens with one attached hydrogen (secondary N) is 2. The SMILES string of the molecule is CNC(Cc1cccc(OC)c1)c1ncn[nH]1. The zero-order chi connectivity index (χ0) is 12.1. The molecule has 1 unspecified atom stereocenters.